The van der Waals surface area contributed by atoms with Gasteiger partial charge >= 0.3 is 5.97 Å². The van der Waals surface area contributed by atoms with Gasteiger partial charge in [-0.05, 0) is 55.7 Å². The van der Waals surface area contributed by atoms with E-state index in [0.717, 1.165) is 5.56 Å². The highest BCUT2D eigenvalue weighted by Crippen LogP contribution is 2.47. The Hall–Kier alpha value is -2.86. The van der Waals surface area contributed by atoms with E-state index in [4.69, 9.17) is 11.6 Å². The van der Waals surface area contributed by atoms with E-state index in [9.17, 15) is 14.4 Å². The van der Waals surface area contributed by atoms with Gasteiger partial charge in [0.25, 0.3) is 0 Å². The Morgan fingerprint density at radius 3 is 2.41 bits per heavy atom. The molecule has 0 heterocycles. The lowest BCUT2D eigenvalue weighted by molar-refractivity contribution is -0.131. The number of hydrogen-bond acceptors (Lipinski definition) is 4. The number of rotatable bonds is 5. The SMILES string of the molecule is COC(=O)c1cccc(NC(=O)C2(C(=O)Nc3cc(Cl)ccc3C)CC2)c1. The van der Waals surface area contributed by atoms with Crippen molar-refractivity contribution >= 4 is 40.8 Å². The summed E-state index contributed by atoms with van der Waals surface area (Å²) in [7, 11) is 1.29. The number of methoxy groups -OCH3 is 1. The lowest BCUT2D eigenvalue weighted by atomic mass is 10.0. The number of anilines is 2. The van der Waals surface area contributed by atoms with Gasteiger partial charge in [0.2, 0.25) is 11.8 Å². The molecule has 140 valence electrons. The van der Waals surface area contributed by atoms with E-state index < -0.39 is 17.3 Å². The maximum absolute atomic E-state index is 12.7. The normalized spacial score (nSPS) is 14.2. The number of aryl methyl sites for hydroxylation is 1. The second-order valence-corrected chi connectivity index (χ2v) is 6.96. The molecule has 1 saturated carbocycles. The van der Waals surface area contributed by atoms with Gasteiger partial charge in [0.1, 0.15) is 5.41 Å². The fraction of sp³-hybridized carbons (Fsp3) is 0.250. The quantitative estimate of drug-likeness (QED) is 0.604. The predicted octanol–water partition coefficient (Wildman–Crippen LogP) is 3.79. The van der Waals surface area contributed by atoms with Crippen LogP contribution in [0.25, 0.3) is 0 Å². The smallest absolute Gasteiger partial charge is 0.337 e. The molecule has 6 nitrogen and oxygen atoms in total. The van der Waals surface area contributed by atoms with Crippen molar-refractivity contribution in [2.75, 3.05) is 17.7 Å². The van der Waals surface area contributed by atoms with Crippen LogP contribution in [0.4, 0.5) is 11.4 Å². The Balaban J connectivity index is 1.73. The van der Waals surface area contributed by atoms with Crippen molar-refractivity contribution in [3.63, 3.8) is 0 Å². The molecule has 2 aromatic rings. The number of nitrogens with one attached hydrogen (secondary N) is 2. The summed E-state index contributed by atoms with van der Waals surface area (Å²) >= 11 is 5.98. The number of esters is 1. The highest BCUT2D eigenvalue weighted by molar-refractivity contribution is 6.31. The molecule has 3 rings (SSSR count). The van der Waals surface area contributed by atoms with E-state index in [-0.39, 0.29) is 5.91 Å². The topological polar surface area (TPSA) is 84.5 Å². The Morgan fingerprint density at radius 2 is 1.74 bits per heavy atom. The van der Waals surface area contributed by atoms with Crippen LogP contribution in [0.2, 0.25) is 5.02 Å². The van der Waals surface area contributed by atoms with E-state index in [1.54, 1.807) is 36.4 Å². The van der Waals surface area contributed by atoms with Gasteiger partial charge in [-0.3, -0.25) is 9.59 Å². The maximum atomic E-state index is 12.7. The number of carbonyl (C=O) groups is 3. The van der Waals surface area contributed by atoms with Crippen molar-refractivity contribution in [1.29, 1.82) is 0 Å². The van der Waals surface area contributed by atoms with Crippen molar-refractivity contribution in [2.24, 2.45) is 5.41 Å². The maximum Gasteiger partial charge on any atom is 0.337 e. The fourth-order valence-electron chi connectivity index (χ4n) is 2.75. The molecular formula is C20H19ClN2O4. The lowest BCUT2D eigenvalue weighted by Crippen LogP contribution is -2.35. The molecule has 2 N–H and O–H groups in total. The van der Waals surface area contributed by atoms with E-state index in [2.05, 4.69) is 15.4 Å². The van der Waals surface area contributed by atoms with Crippen LogP contribution < -0.4 is 10.6 Å². The summed E-state index contributed by atoms with van der Waals surface area (Å²) < 4.78 is 4.67. The zero-order chi connectivity index (χ0) is 19.6. The largest absolute Gasteiger partial charge is 0.465 e. The minimum Gasteiger partial charge on any atom is -0.465 e. The van der Waals surface area contributed by atoms with E-state index in [0.29, 0.717) is 34.8 Å². The van der Waals surface area contributed by atoms with Crippen LogP contribution in [-0.4, -0.2) is 24.9 Å². The zero-order valence-corrected chi connectivity index (χ0v) is 15.7. The molecule has 27 heavy (non-hydrogen) atoms. The van der Waals surface area contributed by atoms with Crippen molar-refractivity contribution in [2.45, 2.75) is 19.8 Å². The van der Waals surface area contributed by atoms with Gasteiger partial charge in [0.15, 0.2) is 0 Å². The zero-order valence-electron chi connectivity index (χ0n) is 15.0. The summed E-state index contributed by atoms with van der Waals surface area (Å²) in [5.74, 6) is -1.27. The van der Waals surface area contributed by atoms with Crippen LogP contribution in [0.15, 0.2) is 42.5 Å². The van der Waals surface area contributed by atoms with Gasteiger partial charge in [-0.25, -0.2) is 4.79 Å². The number of carbonyl (C=O) groups excluding carboxylic acids is 3. The molecule has 2 amide bonds. The Labute approximate surface area is 161 Å². The molecule has 1 fully saturated rings. The van der Waals surface area contributed by atoms with Crippen LogP contribution in [0.5, 0.6) is 0 Å². The molecule has 2 aromatic carbocycles. The van der Waals surface area contributed by atoms with Crippen molar-refractivity contribution in [3.05, 3.63) is 58.6 Å². The third-order valence-electron chi connectivity index (χ3n) is 4.61. The Kier molecular flexibility index (Phi) is 5.19. The second kappa shape index (κ2) is 7.40. The van der Waals surface area contributed by atoms with Gasteiger partial charge in [-0.2, -0.15) is 0 Å². The van der Waals surface area contributed by atoms with Gasteiger partial charge in [0, 0.05) is 16.4 Å². The molecule has 0 bridgehead atoms. The average Bonchev–Trinajstić information content (AvgIpc) is 3.46. The molecular weight excluding hydrogens is 368 g/mol. The predicted molar refractivity (Wildman–Crippen MR) is 103 cm³/mol. The third-order valence-corrected chi connectivity index (χ3v) is 4.84. The minimum atomic E-state index is -1.12. The first-order chi connectivity index (χ1) is 12.9. The summed E-state index contributed by atoms with van der Waals surface area (Å²) in [6.45, 7) is 1.85. The lowest BCUT2D eigenvalue weighted by Gasteiger charge is -2.17. The van der Waals surface area contributed by atoms with Crippen LogP contribution >= 0.6 is 11.6 Å². The van der Waals surface area contributed by atoms with E-state index >= 15 is 0 Å². The summed E-state index contributed by atoms with van der Waals surface area (Å²) in [6.07, 6.45) is 0.919. The number of benzene rings is 2. The molecule has 1 aliphatic rings. The standard InChI is InChI=1S/C20H19ClN2O4/c1-12-6-7-14(21)11-16(12)23-19(26)20(8-9-20)18(25)22-15-5-3-4-13(10-15)17(24)27-2/h3-7,10-11H,8-9H2,1-2H3,(H,22,25)(H,23,26). The molecule has 7 heteroatoms. The van der Waals surface area contributed by atoms with Crippen LogP contribution in [0.3, 0.4) is 0 Å². The van der Waals surface area contributed by atoms with Gasteiger partial charge < -0.3 is 15.4 Å². The first kappa shape index (κ1) is 18.9. The van der Waals surface area contributed by atoms with Crippen LogP contribution in [0.1, 0.15) is 28.8 Å². The summed E-state index contributed by atoms with van der Waals surface area (Å²) in [6, 6.07) is 11.6. The molecule has 0 radical (unpaired) electrons. The second-order valence-electron chi connectivity index (χ2n) is 6.52. The first-order valence-corrected chi connectivity index (χ1v) is 8.81. The van der Waals surface area contributed by atoms with E-state index in [1.165, 1.54) is 13.2 Å². The molecule has 0 saturated heterocycles. The highest BCUT2D eigenvalue weighted by Gasteiger charge is 2.56. The minimum absolute atomic E-state index is 0.319. The number of amides is 2. The van der Waals surface area contributed by atoms with E-state index in [1.807, 2.05) is 6.92 Å². The molecule has 0 unspecified atom stereocenters. The molecule has 0 aromatic heterocycles. The van der Waals surface area contributed by atoms with Gasteiger partial charge in [-0.15, -0.1) is 0 Å². The summed E-state index contributed by atoms with van der Waals surface area (Å²) in [5, 5.41) is 6.03. The Bertz CT molecular complexity index is 922. The number of hydrogen-bond donors (Lipinski definition) is 2. The average molecular weight is 387 g/mol. The molecule has 1 aliphatic carbocycles. The first-order valence-electron chi connectivity index (χ1n) is 8.43. The summed E-state index contributed by atoms with van der Waals surface area (Å²) in [4.78, 5) is 37.1. The molecule has 0 spiro atoms. The fourth-order valence-corrected chi connectivity index (χ4v) is 2.92. The van der Waals surface area contributed by atoms with Crippen LogP contribution in [-0.2, 0) is 14.3 Å². The number of ether oxygens (including phenoxy) is 1. The Morgan fingerprint density at radius 1 is 1.04 bits per heavy atom. The molecule has 0 aliphatic heterocycles. The van der Waals surface area contributed by atoms with Crippen LogP contribution in [0, 0.1) is 12.3 Å². The summed E-state index contributed by atoms with van der Waals surface area (Å²) in [5.41, 5.74) is 1.07. The van der Waals surface area contributed by atoms with Gasteiger partial charge in [-0.1, -0.05) is 23.7 Å². The van der Waals surface area contributed by atoms with Crippen molar-refractivity contribution < 1.29 is 19.1 Å². The van der Waals surface area contributed by atoms with Crippen molar-refractivity contribution in [1.82, 2.24) is 0 Å². The molecule has 0 atom stereocenters. The van der Waals surface area contributed by atoms with Crippen molar-refractivity contribution in [3.8, 4) is 0 Å². The number of halogens is 1. The highest BCUT2D eigenvalue weighted by atomic mass is 35.5. The monoisotopic (exact) mass is 386 g/mol. The third kappa shape index (κ3) is 3.95. The van der Waals surface area contributed by atoms with Gasteiger partial charge in [0.05, 0.1) is 12.7 Å².